The van der Waals surface area contributed by atoms with Crippen LogP contribution in [0.25, 0.3) is 0 Å². The highest BCUT2D eigenvalue weighted by Crippen LogP contribution is 2.09. The fourth-order valence-corrected chi connectivity index (χ4v) is 2.45. The van der Waals surface area contributed by atoms with Crippen molar-refractivity contribution in [2.24, 2.45) is 0 Å². The second-order valence-electron chi connectivity index (χ2n) is 4.34. The Morgan fingerprint density at radius 1 is 1.40 bits per heavy atom. The van der Waals surface area contributed by atoms with Gasteiger partial charge in [0.05, 0.1) is 0 Å². The molecule has 0 aliphatic carbocycles. The van der Waals surface area contributed by atoms with Gasteiger partial charge in [-0.25, -0.2) is 9.78 Å². The number of aryl methyl sites for hydroxylation is 1. The van der Waals surface area contributed by atoms with Crippen LogP contribution in [0.2, 0.25) is 0 Å². The van der Waals surface area contributed by atoms with Crippen molar-refractivity contribution in [2.75, 3.05) is 6.54 Å². The predicted molar refractivity (Wildman–Crippen MR) is 76.3 cm³/mol. The summed E-state index contributed by atoms with van der Waals surface area (Å²) in [5.74, 6) is -1.46. The first-order valence-electron chi connectivity index (χ1n) is 6.09. The van der Waals surface area contributed by atoms with E-state index in [0.717, 1.165) is 23.3 Å². The van der Waals surface area contributed by atoms with Gasteiger partial charge in [-0.3, -0.25) is 4.79 Å². The topological polar surface area (TPSA) is 79.3 Å². The van der Waals surface area contributed by atoms with Gasteiger partial charge in [-0.05, 0) is 18.9 Å². The van der Waals surface area contributed by atoms with Gasteiger partial charge in [0.2, 0.25) is 0 Å². The maximum atomic E-state index is 11.8. The van der Waals surface area contributed by atoms with E-state index in [1.54, 1.807) is 0 Å². The summed E-state index contributed by atoms with van der Waals surface area (Å²) in [5, 5.41) is 13.0. The summed E-state index contributed by atoms with van der Waals surface area (Å²) >= 11 is 1.03. The van der Waals surface area contributed by atoms with Crippen LogP contribution in [0, 0.1) is 6.92 Å². The Balaban J connectivity index is 1.87. The summed E-state index contributed by atoms with van der Waals surface area (Å²) < 4.78 is 0. The summed E-state index contributed by atoms with van der Waals surface area (Å²) in [6, 6.07) is 8.07. The number of nitrogens with one attached hydrogen (secondary N) is 1. The molecule has 1 aromatic carbocycles. The van der Waals surface area contributed by atoms with E-state index in [2.05, 4.69) is 16.4 Å². The fraction of sp³-hybridized carbons (Fsp3) is 0.214. The molecule has 0 radical (unpaired) electrons. The molecule has 0 saturated carbocycles. The lowest BCUT2D eigenvalue weighted by atomic mass is 10.1. The van der Waals surface area contributed by atoms with Crippen molar-refractivity contribution in [3.63, 3.8) is 0 Å². The number of rotatable bonds is 5. The van der Waals surface area contributed by atoms with Crippen LogP contribution in [0.4, 0.5) is 0 Å². The van der Waals surface area contributed by atoms with Gasteiger partial charge in [-0.15, -0.1) is 11.3 Å². The van der Waals surface area contributed by atoms with Gasteiger partial charge in [-0.2, -0.15) is 0 Å². The molecular weight excluding hydrogens is 276 g/mol. The van der Waals surface area contributed by atoms with E-state index < -0.39 is 5.97 Å². The fourth-order valence-electron chi connectivity index (χ4n) is 1.74. The summed E-state index contributed by atoms with van der Waals surface area (Å²) in [5.41, 5.74) is 2.23. The minimum absolute atomic E-state index is 0.0983. The summed E-state index contributed by atoms with van der Waals surface area (Å²) in [4.78, 5) is 26.2. The largest absolute Gasteiger partial charge is 0.476 e. The molecular formula is C14H14N2O3S. The second-order valence-corrected chi connectivity index (χ2v) is 5.20. The van der Waals surface area contributed by atoms with Gasteiger partial charge >= 0.3 is 5.97 Å². The number of nitrogens with zero attached hydrogens (tertiary/aromatic N) is 1. The number of aromatic nitrogens is 1. The van der Waals surface area contributed by atoms with Crippen LogP contribution in [0.5, 0.6) is 0 Å². The molecule has 0 aliphatic rings. The van der Waals surface area contributed by atoms with E-state index in [0.29, 0.717) is 6.54 Å². The van der Waals surface area contributed by atoms with Crippen LogP contribution < -0.4 is 5.32 Å². The van der Waals surface area contributed by atoms with Crippen LogP contribution in [-0.4, -0.2) is 28.5 Å². The van der Waals surface area contributed by atoms with Gasteiger partial charge in [0, 0.05) is 11.9 Å². The number of hydrogen-bond donors (Lipinski definition) is 2. The molecule has 0 saturated heterocycles. The minimum atomic E-state index is -1.12. The lowest BCUT2D eigenvalue weighted by Gasteiger charge is -2.04. The van der Waals surface area contributed by atoms with Crippen LogP contribution in [0.15, 0.2) is 29.6 Å². The zero-order valence-corrected chi connectivity index (χ0v) is 11.7. The zero-order valence-electron chi connectivity index (χ0n) is 10.9. The van der Waals surface area contributed by atoms with Crippen molar-refractivity contribution >= 4 is 23.2 Å². The lowest BCUT2D eigenvalue weighted by molar-refractivity contribution is 0.0691. The Kier molecular flexibility index (Phi) is 4.47. The van der Waals surface area contributed by atoms with E-state index in [9.17, 15) is 9.59 Å². The third kappa shape index (κ3) is 3.64. The number of aromatic carboxylic acids is 1. The molecule has 0 spiro atoms. The molecule has 6 heteroatoms. The molecule has 5 nitrogen and oxygen atoms in total. The maximum Gasteiger partial charge on any atom is 0.355 e. The average molecular weight is 290 g/mol. The number of hydrogen-bond acceptors (Lipinski definition) is 4. The number of amides is 1. The standard InChI is InChI=1S/C14H14N2O3S/c1-9-3-2-4-10(7-9)5-6-15-12(17)13-16-11(8-20-13)14(18)19/h2-4,7-8H,5-6H2,1H3,(H,15,17)(H,18,19). The third-order valence-corrected chi connectivity index (χ3v) is 3.54. The Labute approximate surface area is 120 Å². The summed E-state index contributed by atoms with van der Waals surface area (Å²) in [6.07, 6.45) is 0.727. The number of benzene rings is 1. The average Bonchev–Trinajstić information content (AvgIpc) is 2.88. The van der Waals surface area contributed by atoms with Gasteiger partial charge in [0.1, 0.15) is 0 Å². The smallest absolute Gasteiger partial charge is 0.355 e. The van der Waals surface area contributed by atoms with Crippen LogP contribution in [-0.2, 0) is 6.42 Å². The van der Waals surface area contributed by atoms with Gasteiger partial charge < -0.3 is 10.4 Å². The Bertz CT molecular complexity index is 637. The molecule has 0 bridgehead atoms. The van der Waals surface area contributed by atoms with Gasteiger partial charge in [0.25, 0.3) is 5.91 Å². The lowest BCUT2D eigenvalue weighted by Crippen LogP contribution is -2.25. The minimum Gasteiger partial charge on any atom is -0.476 e. The van der Waals surface area contributed by atoms with Crippen molar-refractivity contribution in [3.8, 4) is 0 Å². The molecule has 0 aliphatic heterocycles. The maximum absolute atomic E-state index is 11.8. The Hall–Kier alpha value is -2.21. The molecule has 104 valence electrons. The molecule has 2 N–H and O–H groups in total. The molecule has 0 fully saturated rings. The van der Waals surface area contributed by atoms with Crippen LogP contribution >= 0.6 is 11.3 Å². The van der Waals surface area contributed by atoms with E-state index in [1.165, 1.54) is 10.9 Å². The highest BCUT2D eigenvalue weighted by molar-refractivity contribution is 7.11. The molecule has 2 rings (SSSR count). The number of carboxylic acids is 1. The molecule has 0 atom stereocenters. The first-order chi connectivity index (χ1) is 9.56. The van der Waals surface area contributed by atoms with E-state index in [-0.39, 0.29) is 16.6 Å². The van der Waals surface area contributed by atoms with E-state index in [1.807, 2.05) is 25.1 Å². The van der Waals surface area contributed by atoms with E-state index >= 15 is 0 Å². The number of thiazole rings is 1. The normalized spacial score (nSPS) is 10.2. The van der Waals surface area contributed by atoms with Crippen molar-refractivity contribution in [1.29, 1.82) is 0 Å². The zero-order chi connectivity index (χ0) is 14.5. The van der Waals surface area contributed by atoms with Crippen molar-refractivity contribution < 1.29 is 14.7 Å². The summed E-state index contributed by atoms with van der Waals surface area (Å²) in [6.45, 7) is 2.51. The predicted octanol–water partition coefficient (Wildman–Crippen LogP) is 2.12. The quantitative estimate of drug-likeness (QED) is 0.884. The second kappa shape index (κ2) is 6.29. The highest BCUT2D eigenvalue weighted by Gasteiger charge is 2.14. The number of carboxylic acid groups (broad SMARTS) is 1. The monoisotopic (exact) mass is 290 g/mol. The third-order valence-electron chi connectivity index (χ3n) is 2.70. The highest BCUT2D eigenvalue weighted by atomic mass is 32.1. The Morgan fingerprint density at radius 3 is 2.85 bits per heavy atom. The Morgan fingerprint density at radius 2 is 2.20 bits per heavy atom. The first kappa shape index (κ1) is 14.2. The summed E-state index contributed by atoms with van der Waals surface area (Å²) in [7, 11) is 0. The molecule has 1 aromatic heterocycles. The molecule has 1 amide bonds. The van der Waals surface area contributed by atoms with E-state index in [4.69, 9.17) is 5.11 Å². The molecule has 0 unspecified atom stereocenters. The van der Waals surface area contributed by atoms with Crippen molar-refractivity contribution in [1.82, 2.24) is 10.3 Å². The molecule has 20 heavy (non-hydrogen) atoms. The molecule has 1 heterocycles. The number of carbonyl (C=O) groups is 2. The molecule has 2 aromatic rings. The van der Waals surface area contributed by atoms with Crippen molar-refractivity contribution in [2.45, 2.75) is 13.3 Å². The first-order valence-corrected chi connectivity index (χ1v) is 6.97. The van der Waals surface area contributed by atoms with Crippen molar-refractivity contribution in [3.05, 3.63) is 51.5 Å². The number of carbonyl (C=O) groups excluding carboxylic acids is 1. The van der Waals surface area contributed by atoms with Gasteiger partial charge in [-0.1, -0.05) is 29.8 Å². The van der Waals surface area contributed by atoms with Crippen LogP contribution in [0.1, 0.15) is 31.4 Å². The van der Waals surface area contributed by atoms with Crippen LogP contribution in [0.3, 0.4) is 0 Å². The SMILES string of the molecule is Cc1cccc(CCNC(=O)c2nc(C(=O)O)cs2)c1. The van der Waals surface area contributed by atoms with Gasteiger partial charge in [0.15, 0.2) is 10.7 Å².